The molecule has 2 aromatic carbocycles. The Balaban J connectivity index is 1.39. The lowest BCUT2D eigenvalue weighted by Gasteiger charge is -2.16. The first kappa shape index (κ1) is 17.7. The van der Waals surface area contributed by atoms with E-state index in [-0.39, 0.29) is 11.8 Å². The van der Waals surface area contributed by atoms with E-state index >= 15 is 0 Å². The third-order valence-electron chi connectivity index (χ3n) is 5.47. The Morgan fingerprint density at radius 3 is 2.41 bits per heavy atom. The number of aromatic nitrogens is 2. The maximum Gasteiger partial charge on any atom is 0.274 e. The second-order valence-corrected chi connectivity index (χ2v) is 7.63. The van der Waals surface area contributed by atoms with Crippen molar-refractivity contribution in [3.05, 3.63) is 72.1 Å². The summed E-state index contributed by atoms with van der Waals surface area (Å²) in [7, 11) is 0. The molecule has 2 aliphatic rings. The molecule has 1 saturated carbocycles. The van der Waals surface area contributed by atoms with Crippen molar-refractivity contribution in [3.8, 4) is 5.69 Å². The lowest BCUT2D eigenvalue weighted by atomic mass is 10.2. The van der Waals surface area contributed by atoms with E-state index in [2.05, 4.69) is 5.32 Å². The smallest absolute Gasteiger partial charge is 0.274 e. The summed E-state index contributed by atoms with van der Waals surface area (Å²) in [5.41, 5.74) is 3.93. The van der Waals surface area contributed by atoms with Crippen LogP contribution in [-0.2, 0) is 4.79 Å². The van der Waals surface area contributed by atoms with Gasteiger partial charge < -0.3 is 10.2 Å². The van der Waals surface area contributed by atoms with Gasteiger partial charge in [-0.15, -0.1) is 0 Å². The van der Waals surface area contributed by atoms with Crippen molar-refractivity contribution in [2.45, 2.75) is 31.6 Å². The van der Waals surface area contributed by atoms with Crippen LogP contribution in [0.15, 0.2) is 60.7 Å². The molecule has 0 unspecified atom stereocenters. The third kappa shape index (κ3) is 3.53. The number of anilines is 2. The number of nitrogens with zero attached hydrogens (tertiary/aromatic N) is 3. The number of amides is 2. The summed E-state index contributed by atoms with van der Waals surface area (Å²) in [6.07, 6.45) is 3.75. The molecule has 146 valence electrons. The van der Waals surface area contributed by atoms with Crippen LogP contribution in [-0.4, -0.2) is 28.1 Å². The number of benzene rings is 2. The van der Waals surface area contributed by atoms with E-state index in [9.17, 15) is 9.59 Å². The highest BCUT2D eigenvalue weighted by atomic mass is 16.2. The quantitative estimate of drug-likeness (QED) is 0.717. The predicted octanol–water partition coefficient (Wildman–Crippen LogP) is 4.13. The second-order valence-electron chi connectivity index (χ2n) is 7.63. The summed E-state index contributed by atoms with van der Waals surface area (Å²) in [6.45, 7) is 0.755. The van der Waals surface area contributed by atoms with Gasteiger partial charge in [-0.1, -0.05) is 18.2 Å². The van der Waals surface area contributed by atoms with E-state index < -0.39 is 0 Å². The number of hydrogen-bond acceptors (Lipinski definition) is 3. The summed E-state index contributed by atoms with van der Waals surface area (Å²) < 4.78 is 1.72. The zero-order valence-corrected chi connectivity index (χ0v) is 16.0. The molecule has 3 aromatic rings. The Bertz CT molecular complexity index is 1050. The maximum absolute atomic E-state index is 13.0. The van der Waals surface area contributed by atoms with Crippen molar-refractivity contribution in [2.24, 2.45) is 0 Å². The molecule has 6 heteroatoms. The van der Waals surface area contributed by atoms with Gasteiger partial charge in [-0.25, -0.2) is 4.68 Å². The van der Waals surface area contributed by atoms with Crippen molar-refractivity contribution in [1.82, 2.24) is 9.78 Å². The van der Waals surface area contributed by atoms with Gasteiger partial charge in [0.15, 0.2) is 0 Å². The predicted molar refractivity (Wildman–Crippen MR) is 112 cm³/mol. The van der Waals surface area contributed by atoms with Gasteiger partial charge in [0.2, 0.25) is 5.91 Å². The zero-order valence-electron chi connectivity index (χ0n) is 16.0. The van der Waals surface area contributed by atoms with E-state index in [4.69, 9.17) is 5.10 Å². The highest BCUT2D eigenvalue weighted by molar-refractivity contribution is 6.04. The number of carbonyl (C=O) groups is 2. The third-order valence-corrected chi connectivity index (χ3v) is 5.47. The summed E-state index contributed by atoms with van der Waals surface area (Å²) in [5, 5.41) is 7.66. The fraction of sp³-hybridized carbons (Fsp3) is 0.261. The van der Waals surface area contributed by atoms with Crippen LogP contribution in [0.4, 0.5) is 11.4 Å². The van der Waals surface area contributed by atoms with Crippen LogP contribution in [0.25, 0.3) is 5.69 Å². The maximum atomic E-state index is 13.0. The Labute approximate surface area is 169 Å². The number of nitrogens with one attached hydrogen (secondary N) is 1. The van der Waals surface area contributed by atoms with Gasteiger partial charge in [0, 0.05) is 30.3 Å². The Hall–Kier alpha value is -3.41. The van der Waals surface area contributed by atoms with Crippen LogP contribution in [0.1, 0.15) is 47.8 Å². The average Bonchev–Trinajstić information content (AvgIpc) is 3.35. The van der Waals surface area contributed by atoms with Crippen LogP contribution in [0.3, 0.4) is 0 Å². The summed E-state index contributed by atoms with van der Waals surface area (Å²) in [5.74, 6) is 0.420. The van der Waals surface area contributed by atoms with Gasteiger partial charge in [0.1, 0.15) is 5.69 Å². The Morgan fingerprint density at radius 2 is 1.76 bits per heavy atom. The van der Waals surface area contributed by atoms with E-state index in [1.807, 2.05) is 60.7 Å². The van der Waals surface area contributed by atoms with Crippen molar-refractivity contribution in [3.63, 3.8) is 0 Å². The molecule has 1 saturated heterocycles. The Kier molecular flexibility index (Phi) is 4.39. The minimum absolute atomic E-state index is 0.154. The summed E-state index contributed by atoms with van der Waals surface area (Å²) >= 11 is 0. The number of rotatable bonds is 5. The van der Waals surface area contributed by atoms with E-state index in [1.54, 1.807) is 9.58 Å². The number of para-hydroxylation sites is 1. The van der Waals surface area contributed by atoms with Crippen LogP contribution in [0.2, 0.25) is 0 Å². The molecule has 5 rings (SSSR count). The highest BCUT2D eigenvalue weighted by Gasteiger charge is 2.29. The minimum Gasteiger partial charge on any atom is -0.321 e. The summed E-state index contributed by atoms with van der Waals surface area (Å²) in [4.78, 5) is 26.7. The van der Waals surface area contributed by atoms with Crippen molar-refractivity contribution < 1.29 is 9.59 Å². The SMILES string of the molecule is O=C(Nc1ccc(N2CCCC2=O)cc1)c1cc(C2CC2)nn1-c1ccccc1. The van der Waals surface area contributed by atoms with Gasteiger partial charge in [-0.05, 0) is 61.7 Å². The normalized spacial score (nSPS) is 16.3. The number of carbonyl (C=O) groups excluding carboxylic acids is 2. The van der Waals surface area contributed by atoms with Crippen LogP contribution in [0, 0.1) is 0 Å². The van der Waals surface area contributed by atoms with Crippen molar-refractivity contribution in [2.75, 3.05) is 16.8 Å². The fourth-order valence-electron chi connectivity index (χ4n) is 3.75. The molecule has 0 radical (unpaired) electrons. The molecule has 1 N–H and O–H groups in total. The van der Waals surface area contributed by atoms with Gasteiger partial charge in [0.25, 0.3) is 5.91 Å². The van der Waals surface area contributed by atoms with Crippen molar-refractivity contribution >= 4 is 23.2 Å². The fourth-order valence-corrected chi connectivity index (χ4v) is 3.75. The Morgan fingerprint density at radius 1 is 1.00 bits per heavy atom. The van der Waals surface area contributed by atoms with Gasteiger partial charge in [-0.3, -0.25) is 9.59 Å². The average molecular weight is 386 g/mol. The first-order valence-corrected chi connectivity index (χ1v) is 10.1. The lowest BCUT2D eigenvalue weighted by molar-refractivity contribution is -0.117. The standard InChI is InChI=1S/C23H22N4O2/c28-22-7-4-14-26(22)18-12-10-17(11-13-18)24-23(29)21-15-20(16-8-9-16)25-27(21)19-5-2-1-3-6-19/h1-3,5-6,10-13,15-16H,4,7-9,14H2,(H,24,29). The molecular weight excluding hydrogens is 364 g/mol. The first-order valence-electron chi connectivity index (χ1n) is 10.1. The van der Waals surface area contributed by atoms with Crippen LogP contribution in [0.5, 0.6) is 0 Å². The lowest BCUT2D eigenvalue weighted by Crippen LogP contribution is -2.23. The highest BCUT2D eigenvalue weighted by Crippen LogP contribution is 2.39. The van der Waals surface area contributed by atoms with E-state index in [0.29, 0.717) is 23.7 Å². The van der Waals surface area contributed by atoms with Crippen LogP contribution < -0.4 is 10.2 Å². The molecule has 29 heavy (non-hydrogen) atoms. The molecule has 0 spiro atoms. The topological polar surface area (TPSA) is 67.2 Å². The van der Waals surface area contributed by atoms with Crippen LogP contribution >= 0.6 is 0 Å². The van der Waals surface area contributed by atoms with Crippen molar-refractivity contribution in [1.29, 1.82) is 0 Å². The monoisotopic (exact) mass is 386 g/mol. The number of hydrogen-bond donors (Lipinski definition) is 1. The minimum atomic E-state index is -0.196. The van der Waals surface area contributed by atoms with E-state index in [1.165, 1.54) is 0 Å². The molecule has 2 amide bonds. The molecule has 2 heterocycles. The molecule has 1 aliphatic heterocycles. The molecule has 0 atom stereocenters. The molecule has 6 nitrogen and oxygen atoms in total. The summed E-state index contributed by atoms with van der Waals surface area (Å²) in [6, 6.07) is 19.0. The molecule has 0 bridgehead atoms. The molecular formula is C23H22N4O2. The molecule has 1 aromatic heterocycles. The van der Waals surface area contributed by atoms with Gasteiger partial charge >= 0.3 is 0 Å². The molecule has 2 fully saturated rings. The largest absolute Gasteiger partial charge is 0.321 e. The first-order chi connectivity index (χ1) is 14.2. The van der Waals surface area contributed by atoms with Gasteiger partial charge in [-0.2, -0.15) is 5.10 Å². The van der Waals surface area contributed by atoms with Gasteiger partial charge in [0.05, 0.1) is 11.4 Å². The zero-order chi connectivity index (χ0) is 19.8. The second kappa shape index (κ2) is 7.20. The molecule has 1 aliphatic carbocycles. The van der Waals surface area contributed by atoms with E-state index in [0.717, 1.165) is 42.9 Å².